The Labute approximate surface area is 168 Å². The van der Waals surface area contributed by atoms with Gasteiger partial charge in [-0.25, -0.2) is 4.79 Å². The number of hydrogen-bond acceptors (Lipinski definition) is 4. The number of methoxy groups -OCH3 is 1. The van der Waals surface area contributed by atoms with Crippen molar-refractivity contribution >= 4 is 35.1 Å². The third-order valence-corrected chi connectivity index (χ3v) is 6.19. The number of halogens is 1. The quantitative estimate of drug-likeness (QED) is 0.722. The monoisotopic (exact) mass is 406 g/mol. The molecule has 0 aliphatic carbocycles. The molecule has 144 valence electrons. The summed E-state index contributed by atoms with van der Waals surface area (Å²) in [6, 6.07) is 15.1. The maximum Gasteiger partial charge on any atom is 0.319 e. The molecule has 0 unspecified atom stereocenters. The second kappa shape index (κ2) is 9.35. The number of carbonyl (C=O) groups excluding carboxylic acids is 1. The van der Waals surface area contributed by atoms with Crippen LogP contribution in [-0.4, -0.2) is 37.6 Å². The van der Waals surface area contributed by atoms with Crippen LogP contribution in [0.1, 0.15) is 12.8 Å². The van der Waals surface area contributed by atoms with Gasteiger partial charge in [-0.1, -0.05) is 29.8 Å². The minimum atomic E-state index is -0.282. The molecule has 1 heterocycles. The van der Waals surface area contributed by atoms with E-state index in [0.29, 0.717) is 36.2 Å². The third-order valence-electron chi connectivity index (χ3n) is 4.46. The molecule has 0 saturated carbocycles. The Hall–Kier alpha value is -1.89. The first-order valence-corrected chi connectivity index (χ1v) is 10.00. The van der Waals surface area contributed by atoms with Crippen molar-refractivity contribution in [1.82, 2.24) is 5.32 Å². The smallest absolute Gasteiger partial charge is 0.319 e. The van der Waals surface area contributed by atoms with Gasteiger partial charge in [-0.3, -0.25) is 0 Å². The van der Waals surface area contributed by atoms with Crippen molar-refractivity contribution in [2.75, 3.05) is 32.2 Å². The molecule has 5 nitrogen and oxygen atoms in total. The third kappa shape index (κ3) is 5.54. The van der Waals surface area contributed by atoms with Crippen LogP contribution in [0.3, 0.4) is 0 Å². The molecule has 1 saturated heterocycles. The topological polar surface area (TPSA) is 59.6 Å². The van der Waals surface area contributed by atoms with E-state index < -0.39 is 0 Å². The first-order valence-electron chi connectivity index (χ1n) is 8.80. The molecule has 2 amide bonds. The molecule has 0 aromatic heterocycles. The summed E-state index contributed by atoms with van der Waals surface area (Å²) in [5.74, 6) is 0.564. The summed E-state index contributed by atoms with van der Waals surface area (Å²) in [6.07, 6.45) is 1.76. The van der Waals surface area contributed by atoms with Gasteiger partial charge in [-0.05, 0) is 43.2 Å². The van der Waals surface area contributed by atoms with Gasteiger partial charge in [0, 0.05) is 34.4 Å². The molecule has 27 heavy (non-hydrogen) atoms. The molecule has 2 aromatic rings. The van der Waals surface area contributed by atoms with Crippen LogP contribution < -0.4 is 15.4 Å². The number of nitrogens with one attached hydrogen (secondary N) is 2. The largest absolute Gasteiger partial charge is 0.495 e. The van der Waals surface area contributed by atoms with Crippen LogP contribution in [-0.2, 0) is 4.74 Å². The first kappa shape index (κ1) is 19.9. The highest BCUT2D eigenvalue weighted by Crippen LogP contribution is 2.40. The number of rotatable bonds is 6. The summed E-state index contributed by atoms with van der Waals surface area (Å²) in [6.45, 7) is 1.95. The number of carbonyl (C=O) groups is 1. The fourth-order valence-electron chi connectivity index (χ4n) is 2.98. The van der Waals surface area contributed by atoms with Gasteiger partial charge in [0.15, 0.2) is 0 Å². The van der Waals surface area contributed by atoms with Gasteiger partial charge >= 0.3 is 6.03 Å². The van der Waals surface area contributed by atoms with Crippen molar-refractivity contribution in [3.8, 4) is 5.75 Å². The fraction of sp³-hybridized carbons (Fsp3) is 0.350. The molecule has 2 aromatic carbocycles. The molecule has 0 spiro atoms. The van der Waals surface area contributed by atoms with Gasteiger partial charge in [-0.15, -0.1) is 11.8 Å². The molecule has 0 bridgehead atoms. The lowest BCUT2D eigenvalue weighted by Crippen LogP contribution is -2.45. The van der Waals surface area contributed by atoms with Gasteiger partial charge in [0.1, 0.15) is 5.75 Å². The van der Waals surface area contributed by atoms with Crippen molar-refractivity contribution in [2.24, 2.45) is 0 Å². The molecule has 1 aliphatic heterocycles. The zero-order chi connectivity index (χ0) is 19.1. The van der Waals surface area contributed by atoms with E-state index in [-0.39, 0.29) is 10.8 Å². The summed E-state index contributed by atoms with van der Waals surface area (Å²) < 4.78 is 10.7. The standard InChI is InChI=1S/C20H23ClN2O3S/c1-25-18-8-7-15(21)13-17(18)23-19(24)22-14-20(9-11-26-12-10-20)27-16-5-3-2-4-6-16/h2-8,13H,9-12,14H2,1H3,(H2,22,23,24). The van der Waals surface area contributed by atoms with E-state index in [1.165, 1.54) is 4.90 Å². The number of hydrogen-bond donors (Lipinski definition) is 2. The molecule has 1 fully saturated rings. The van der Waals surface area contributed by atoms with Crippen molar-refractivity contribution in [2.45, 2.75) is 22.5 Å². The molecular formula is C20H23ClN2O3S. The molecule has 1 aliphatic rings. The van der Waals surface area contributed by atoms with E-state index in [4.69, 9.17) is 21.1 Å². The zero-order valence-electron chi connectivity index (χ0n) is 15.2. The van der Waals surface area contributed by atoms with Crippen LogP contribution in [0, 0.1) is 0 Å². The van der Waals surface area contributed by atoms with E-state index in [0.717, 1.165) is 12.8 Å². The number of benzene rings is 2. The van der Waals surface area contributed by atoms with Crippen molar-refractivity contribution < 1.29 is 14.3 Å². The zero-order valence-corrected chi connectivity index (χ0v) is 16.7. The molecule has 3 rings (SSSR count). The van der Waals surface area contributed by atoms with E-state index in [2.05, 4.69) is 22.8 Å². The van der Waals surface area contributed by atoms with E-state index in [1.54, 1.807) is 37.1 Å². The van der Waals surface area contributed by atoms with E-state index in [1.807, 2.05) is 18.2 Å². The Balaban J connectivity index is 1.65. The minimum Gasteiger partial charge on any atom is -0.495 e. The molecular weight excluding hydrogens is 384 g/mol. The summed E-state index contributed by atoms with van der Waals surface area (Å²) >= 11 is 7.83. The van der Waals surface area contributed by atoms with Crippen LogP contribution in [0.25, 0.3) is 0 Å². The Kier molecular flexibility index (Phi) is 6.88. The van der Waals surface area contributed by atoms with E-state index >= 15 is 0 Å². The Morgan fingerprint density at radius 3 is 2.67 bits per heavy atom. The normalized spacial score (nSPS) is 15.8. The average molecular weight is 407 g/mol. The van der Waals surface area contributed by atoms with Gasteiger partial charge in [-0.2, -0.15) is 0 Å². The van der Waals surface area contributed by atoms with Crippen LogP contribution in [0.5, 0.6) is 5.75 Å². The van der Waals surface area contributed by atoms with Crippen LogP contribution >= 0.6 is 23.4 Å². The average Bonchev–Trinajstić information content (AvgIpc) is 2.68. The van der Waals surface area contributed by atoms with Crippen molar-refractivity contribution in [3.05, 3.63) is 53.6 Å². The number of amides is 2. The molecule has 2 N–H and O–H groups in total. The van der Waals surface area contributed by atoms with Gasteiger partial charge < -0.3 is 20.1 Å². The maximum atomic E-state index is 12.5. The Bertz CT molecular complexity index is 767. The van der Waals surface area contributed by atoms with Crippen molar-refractivity contribution in [3.63, 3.8) is 0 Å². The summed E-state index contributed by atoms with van der Waals surface area (Å²) in [7, 11) is 1.56. The Morgan fingerprint density at radius 1 is 1.22 bits per heavy atom. The lowest BCUT2D eigenvalue weighted by Gasteiger charge is -2.36. The molecule has 0 radical (unpaired) electrons. The van der Waals surface area contributed by atoms with Crippen LogP contribution in [0.15, 0.2) is 53.4 Å². The molecule has 7 heteroatoms. The number of urea groups is 1. The lowest BCUT2D eigenvalue weighted by atomic mass is 9.99. The van der Waals surface area contributed by atoms with Gasteiger partial charge in [0.25, 0.3) is 0 Å². The van der Waals surface area contributed by atoms with Crippen LogP contribution in [0.4, 0.5) is 10.5 Å². The van der Waals surface area contributed by atoms with E-state index in [9.17, 15) is 4.79 Å². The van der Waals surface area contributed by atoms with Crippen molar-refractivity contribution in [1.29, 1.82) is 0 Å². The highest BCUT2D eigenvalue weighted by Gasteiger charge is 2.34. The van der Waals surface area contributed by atoms with Crippen LogP contribution in [0.2, 0.25) is 5.02 Å². The predicted octanol–water partition coefficient (Wildman–Crippen LogP) is 4.81. The number of anilines is 1. The molecule has 0 atom stereocenters. The minimum absolute atomic E-state index is 0.0879. The highest BCUT2D eigenvalue weighted by molar-refractivity contribution is 8.00. The van der Waals surface area contributed by atoms with Gasteiger partial charge in [0.05, 0.1) is 12.8 Å². The second-order valence-electron chi connectivity index (χ2n) is 6.36. The SMILES string of the molecule is COc1ccc(Cl)cc1NC(=O)NCC1(Sc2ccccc2)CCOCC1. The Morgan fingerprint density at radius 2 is 1.96 bits per heavy atom. The maximum absolute atomic E-state index is 12.5. The lowest BCUT2D eigenvalue weighted by molar-refractivity contribution is 0.0777. The highest BCUT2D eigenvalue weighted by atomic mass is 35.5. The number of ether oxygens (including phenoxy) is 2. The predicted molar refractivity (Wildman–Crippen MR) is 110 cm³/mol. The number of thioether (sulfide) groups is 1. The second-order valence-corrected chi connectivity index (χ2v) is 8.34. The summed E-state index contributed by atoms with van der Waals surface area (Å²) in [4.78, 5) is 13.7. The van der Waals surface area contributed by atoms with Gasteiger partial charge in [0.2, 0.25) is 0 Å². The summed E-state index contributed by atoms with van der Waals surface area (Å²) in [5, 5.41) is 6.36. The summed E-state index contributed by atoms with van der Waals surface area (Å²) in [5.41, 5.74) is 0.541. The fourth-order valence-corrected chi connectivity index (χ4v) is 4.46. The first-order chi connectivity index (χ1) is 13.1.